The highest BCUT2D eigenvalue weighted by molar-refractivity contribution is 5.97. The van der Waals surface area contributed by atoms with Crippen LogP contribution in [-0.4, -0.2) is 48.0 Å². The fourth-order valence-corrected chi connectivity index (χ4v) is 7.42. The molecule has 0 unspecified atom stereocenters. The number of nitrogens with one attached hydrogen (secondary N) is 2. The lowest BCUT2D eigenvalue weighted by Gasteiger charge is -2.39. The Bertz CT molecular complexity index is 2190. The van der Waals surface area contributed by atoms with Crippen LogP contribution in [0.15, 0.2) is 146 Å². The molecule has 8 rings (SSSR count). The van der Waals surface area contributed by atoms with Gasteiger partial charge >= 0.3 is 6.09 Å². The Kier molecular flexibility index (Phi) is 8.76. The molecular formula is C44H37N3O4. The molecule has 1 heterocycles. The van der Waals surface area contributed by atoms with Gasteiger partial charge in [-0.25, -0.2) is 4.79 Å². The fraction of sp³-hybridized carbons (Fsp3) is 0.159. The van der Waals surface area contributed by atoms with Gasteiger partial charge in [-0.05, 0) is 55.3 Å². The van der Waals surface area contributed by atoms with E-state index in [1.807, 2.05) is 103 Å². The average molecular weight is 672 g/mol. The van der Waals surface area contributed by atoms with Crippen molar-refractivity contribution in [3.05, 3.63) is 168 Å². The molecule has 1 aliphatic heterocycles. The van der Waals surface area contributed by atoms with E-state index >= 15 is 0 Å². The minimum atomic E-state index is -0.917. The molecule has 0 spiro atoms. The monoisotopic (exact) mass is 671 g/mol. The largest absolute Gasteiger partial charge is 0.449 e. The number of rotatable bonds is 9. The first-order valence-electron chi connectivity index (χ1n) is 17.3. The Morgan fingerprint density at radius 3 is 2.00 bits per heavy atom. The quantitative estimate of drug-likeness (QED) is 0.167. The SMILES string of the molecule is O=C(NC[C@H]1C(=O)N[C@@H](Cc2ccc3ccccc3c2)C(=O)N1Cc1ccc(-c2ccccc2)cc1)OCC1c2ccccc2-c2ccccc21. The summed E-state index contributed by atoms with van der Waals surface area (Å²) in [5, 5.41) is 7.94. The van der Waals surface area contributed by atoms with Crippen molar-refractivity contribution in [3.8, 4) is 22.3 Å². The molecular weight excluding hydrogens is 635 g/mol. The van der Waals surface area contributed by atoms with Crippen LogP contribution in [0.2, 0.25) is 0 Å². The van der Waals surface area contributed by atoms with Crippen molar-refractivity contribution in [2.24, 2.45) is 0 Å². The van der Waals surface area contributed by atoms with E-state index in [4.69, 9.17) is 4.74 Å². The number of nitrogens with zero attached hydrogens (tertiary/aromatic N) is 1. The summed E-state index contributed by atoms with van der Waals surface area (Å²) in [5.74, 6) is -0.608. The van der Waals surface area contributed by atoms with Gasteiger partial charge in [-0.2, -0.15) is 0 Å². The molecule has 1 aliphatic carbocycles. The van der Waals surface area contributed by atoms with Crippen LogP contribution in [-0.2, 0) is 27.3 Å². The molecule has 6 aromatic carbocycles. The predicted molar refractivity (Wildman–Crippen MR) is 199 cm³/mol. The molecule has 0 bridgehead atoms. The van der Waals surface area contributed by atoms with Crippen LogP contribution in [0.25, 0.3) is 33.0 Å². The molecule has 1 fully saturated rings. The van der Waals surface area contributed by atoms with Crippen molar-refractivity contribution in [1.29, 1.82) is 0 Å². The zero-order valence-electron chi connectivity index (χ0n) is 28.0. The van der Waals surface area contributed by atoms with Gasteiger partial charge in [-0.3, -0.25) is 9.59 Å². The normalized spacial score (nSPS) is 16.7. The van der Waals surface area contributed by atoms with Gasteiger partial charge in [0.05, 0.1) is 6.54 Å². The summed E-state index contributed by atoms with van der Waals surface area (Å²) < 4.78 is 5.75. The van der Waals surface area contributed by atoms with Crippen LogP contribution >= 0.6 is 0 Å². The van der Waals surface area contributed by atoms with E-state index in [1.165, 1.54) is 0 Å². The highest BCUT2D eigenvalue weighted by Crippen LogP contribution is 2.44. The molecule has 2 atom stereocenters. The summed E-state index contributed by atoms with van der Waals surface area (Å²) in [4.78, 5) is 42.7. The van der Waals surface area contributed by atoms with E-state index in [-0.39, 0.29) is 37.4 Å². The predicted octanol–water partition coefficient (Wildman–Crippen LogP) is 7.48. The zero-order valence-corrected chi connectivity index (χ0v) is 28.0. The standard InChI is InChI=1S/C44H37N3O4/c48-42-41(26-45-44(50)51-28-39-37-16-8-6-14-35(37)36-15-7-9-17-38(36)39)47(27-29-18-21-33(22-19-29)31-10-2-1-3-11-31)43(49)40(46-42)25-30-20-23-32-12-4-5-13-34(32)24-30/h1-24,39-41H,25-28H2,(H,45,50)(H,46,48)/t40-,41-/m0/s1. The Hall–Kier alpha value is -6.21. The number of ether oxygens (including phenoxy) is 1. The number of hydrogen-bond donors (Lipinski definition) is 2. The van der Waals surface area contributed by atoms with Crippen molar-refractivity contribution < 1.29 is 19.1 Å². The summed E-state index contributed by atoms with van der Waals surface area (Å²) >= 11 is 0. The van der Waals surface area contributed by atoms with Crippen molar-refractivity contribution in [3.63, 3.8) is 0 Å². The molecule has 2 N–H and O–H groups in total. The maximum absolute atomic E-state index is 14.2. The Labute approximate surface area is 296 Å². The van der Waals surface area contributed by atoms with Crippen LogP contribution in [0.5, 0.6) is 0 Å². The van der Waals surface area contributed by atoms with E-state index < -0.39 is 18.2 Å². The number of benzene rings is 6. The third kappa shape index (κ3) is 6.58. The topological polar surface area (TPSA) is 87.7 Å². The van der Waals surface area contributed by atoms with Gasteiger partial charge < -0.3 is 20.3 Å². The van der Waals surface area contributed by atoms with E-state index in [9.17, 15) is 14.4 Å². The third-order valence-corrected chi connectivity index (χ3v) is 10.0. The maximum Gasteiger partial charge on any atom is 0.407 e. The first-order valence-corrected chi connectivity index (χ1v) is 17.3. The van der Waals surface area contributed by atoms with E-state index in [2.05, 4.69) is 53.1 Å². The Morgan fingerprint density at radius 2 is 1.27 bits per heavy atom. The summed E-state index contributed by atoms with van der Waals surface area (Å²) in [7, 11) is 0. The smallest absolute Gasteiger partial charge is 0.407 e. The Morgan fingerprint density at radius 1 is 0.667 bits per heavy atom. The van der Waals surface area contributed by atoms with Crippen LogP contribution in [0.1, 0.15) is 28.2 Å². The van der Waals surface area contributed by atoms with Crippen molar-refractivity contribution in [2.75, 3.05) is 13.2 Å². The summed E-state index contributed by atoms with van der Waals surface area (Å²) in [6.07, 6.45) is -0.284. The molecule has 7 heteroatoms. The maximum atomic E-state index is 14.2. The van der Waals surface area contributed by atoms with Crippen LogP contribution in [0.3, 0.4) is 0 Å². The highest BCUT2D eigenvalue weighted by Gasteiger charge is 2.41. The number of carbonyl (C=O) groups excluding carboxylic acids is 3. The van der Waals surface area contributed by atoms with Crippen LogP contribution in [0.4, 0.5) is 4.79 Å². The second kappa shape index (κ2) is 14.0. The molecule has 7 nitrogen and oxygen atoms in total. The summed E-state index contributed by atoms with van der Waals surface area (Å²) in [5.41, 5.74) is 8.51. The molecule has 3 amide bonds. The van der Waals surface area contributed by atoms with Gasteiger partial charge in [-0.1, -0.05) is 146 Å². The number of piperazine rings is 1. The second-order valence-electron chi connectivity index (χ2n) is 13.2. The summed E-state index contributed by atoms with van der Waals surface area (Å²) in [6, 6.07) is 46.9. The molecule has 2 aliphatic rings. The molecule has 252 valence electrons. The lowest BCUT2D eigenvalue weighted by atomic mass is 9.97. The molecule has 6 aromatic rings. The van der Waals surface area contributed by atoms with Gasteiger partial charge in [0.25, 0.3) is 0 Å². The molecule has 0 saturated carbocycles. The van der Waals surface area contributed by atoms with Crippen molar-refractivity contribution in [1.82, 2.24) is 15.5 Å². The zero-order chi connectivity index (χ0) is 34.7. The van der Waals surface area contributed by atoms with Gasteiger partial charge in [-0.15, -0.1) is 0 Å². The third-order valence-electron chi connectivity index (χ3n) is 10.0. The Balaban J connectivity index is 0.986. The number of amides is 3. The number of hydrogen-bond acceptors (Lipinski definition) is 4. The number of alkyl carbamates (subject to hydrolysis) is 1. The van der Waals surface area contributed by atoms with Crippen molar-refractivity contribution in [2.45, 2.75) is 31.0 Å². The summed E-state index contributed by atoms with van der Waals surface area (Å²) in [6.45, 7) is 0.284. The van der Waals surface area contributed by atoms with Crippen molar-refractivity contribution >= 4 is 28.7 Å². The number of carbonyl (C=O) groups is 3. The van der Waals surface area contributed by atoms with Gasteiger partial charge in [0.15, 0.2) is 0 Å². The van der Waals surface area contributed by atoms with Gasteiger partial charge in [0.2, 0.25) is 11.8 Å². The van der Waals surface area contributed by atoms with E-state index in [0.717, 1.165) is 55.3 Å². The average Bonchev–Trinajstić information content (AvgIpc) is 3.49. The lowest BCUT2D eigenvalue weighted by molar-refractivity contribution is -0.149. The molecule has 1 saturated heterocycles. The molecule has 0 radical (unpaired) electrons. The van der Waals surface area contributed by atoms with Gasteiger partial charge in [0.1, 0.15) is 18.7 Å². The van der Waals surface area contributed by atoms with Gasteiger partial charge in [0, 0.05) is 18.9 Å². The van der Waals surface area contributed by atoms with E-state index in [0.29, 0.717) is 6.42 Å². The lowest BCUT2D eigenvalue weighted by Crippen LogP contribution is -2.66. The minimum Gasteiger partial charge on any atom is -0.449 e. The minimum absolute atomic E-state index is 0.0843. The number of fused-ring (bicyclic) bond motifs is 4. The fourth-order valence-electron chi connectivity index (χ4n) is 7.42. The van der Waals surface area contributed by atoms with E-state index in [1.54, 1.807) is 4.90 Å². The van der Waals surface area contributed by atoms with Crippen LogP contribution < -0.4 is 10.6 Å². The second-order valence-corrected chi connectivity index (χ2v) is 13.2. The first kappa shape index (κ1) is 32.0. The molecule has 0 aromatic heterocycles. The molecule has 51 heavy (non-hydrogen) atoms. The first-order chi connectivity index (χ1) is 25.0. The van der Waals surface area contributed by atoms with Crippen LogP contribution in [0, 0.1) is 0 Å². The highest BCUT2D eigenvalue weighted by atomic mass is 16.5.